The highest BCUT2D eigenvalue weighted by molar-refractivity contribution is 7.89. The van der Waals surface area contributed by atoms with E-state index in [0.717, 1.165) is 5.56 Å². The molecule has 0 unspecified atom stereocenters. The molecule has 0 atom stereocenters. The fourth-order valence-corrected chi connectivity index (χ4v) is 3.59. The van der Waals surface area contributed by atoms with Gasteiger partial charge in [-0.15, -0.1) is 0 Å². The van der Waals surface area contributed by atoms with Gasteiger partial charge in [0.25, 0.3) is 0 Å². The zero-order valence-corrected chi connectivity index (χ0v) is 12.7. The minimum absolute atomic E-state index is 0.152. The standard InChI is InChI=1S/C13H22N2O3S/c1-10(2)15(7-8-18-4)19(16,17)13-6-5-11(3)9-12(13)14/h5-6,9-10H,7-8,14H2,1-4H3. The van der Waals surface area contributed by atoms with E-state index >= 15 is 0 Å². The molecule has 2 N–H and O–H groups in total. The molecule has 0 aliphatic carbocycles. The van der Waals surface area contributed by atoms with Crippen LogP contribution in [0.5, 0.6) is 0 Å². The zero-order chi connectivity index (χ0) is 14.6. The third kappa shape index (κ3) is 3.68. The fourth-order valence-electron chi connectivity index (χ4n) is 1.87. The number of benzene rings is 1. The number of aryl methyl sites for hydroxylation is 1. The second kappa shape index (κ2) is 6.36. The largest absolute Gasteiger partial charge is 0.398 e. The van der Waals surface area contributed by atoms with E-state index in [0.29, 0.717) is 13.2 Å². The van der Waals surface area contributed by atoms with E-state index < -0.39 is 10.0 Å². The van der Waals surface area contributed by atoms with Gasteiger partial charge in [-0.3, -0.25) is 0 Å². The molecular weight excluding hydrogens is 264 g/mol. The van der Waals surface area contributed by atoms with Crippen LogP contribution < -0.4 is 5.73 Å². The van der Waals surface area contributed by atoms with Crippen LogP contribution in [0.1, 0.15) is 19.4 Å². The molecule has 108 valence electrons. The van der Waals surface area contributed by atoms with Gasteiger partial charge in [-0.25, -0.2) is 8.42 Å². The normalized spacial score (nSPS) is 12.3. The summed E-state index contributed by atoms with van der Waals surface area (Å²) in [7, 11) is -2.04. The van der Waals surface area contributed by atoms with E-state index in [9.17, 15) is 8.42 Å². The number of hydrogen-bond donors (Lipinski definition) is 1. The molecular formula is C13H22N2O3S. The van der Waals surface area contributed by atoms with Crippen molar-refractivity contribution in [1.29, 1.82) is 0 Å². The van der Waals surface area contributed by atoms with Crippen molar-refractivity contribution >= 4 is 15.7 Å². The Labute approximate surface area is 115 Å². The van der Waals surface area contributed by atoms with Gasteiger partial charge in [0.2, 0.25) is 10.0 Å². The Bertz CT molecular complexity index is 527. The van der Waals surface area contributed by atoms with E-state index in [-0.39, 0.29) is 16.6 Å². The van der Waals surface area contributed by atoms with Crippen molar-refractivity contribution in [1.82, 2.24) is 4.31 Å². The first-order valence-electron chi connectivity index (χ1n) is 6.17. The highest BCUT2D eigenvalue weighted by Crippen LogP contribution is 2.24. The Hall–Kier alpha value is -1.11. The van der Waals surface area contributed by atoms with Crippen LogP contribution in [-0.4, -0.2) is 39.0 Å². The van der Waals surface area contributed by atoms with Crippen LogP contribution in [0.25, 0.3) is 0 Å². The molecule has 0 heterocycles. The van der Waals surface area contributed by atoms with Crippen molar-refractivity contribution in [3.63, 3.8) is 0 Å². The average molecular weight is 286 g/mol. The predicted molar refractivity (Wildman–Crippen MR) is 76.5 cm³/mol. The molecule has 0 aromatic heterocycles. The second-order valence-corrected chi connectivity index (χ2v) is 6.60. The topological polar surface area (TPSA) is 72.6 Å². The summed E-state index contributed by atoms with van der Waals surface area (Å²) in [6.07, 6.45) is 0. The van der Waals surface area contributed by atoms with E-state index in [1.54, 1.807) is 25.3 Å². The molecule has 1 aromatic carbocycles. The highest BCUT2D eigenvalue weighted by atomic mass is 32.2. The summed E-state index contributed by atoms with van der Waals surface area (Å²) >= 11 is 0. The van der Waals surface area contributed by atoms with Crippen LogP contribution in [0.15, 0.2) is 23.1 Å². The Morgan fingerprint density at radius 2 is 2.00 bits per heavy atom. The summed E-state index contributed by atoms with van der Waals surface area (Å²) < 4.78 is 31.6. The molecule has 0 aliphatic heterocycles. The number of ether oxygens (including phenoxy) is 1. The number of methoxy groups -OCH3 is 1. The molecule has 0 bridgehead atoms. The smallest absolute Gasteiger partial charge is 0.245 e. The van der Waals surface area contributed by atoms with Crippen LogP contribution in [0.3, 0.4) is 0 Å². The Kier molecular flexibility index (Phi) is 5.34. The molecule has 19 heavy (non-hydrogen) atoms. The second-order valence-electron chi connectivity index (χ2n) is 4.74. The summed E-state index contributed by atoms with van der Waals surface area (Å²) in [5.74, 6) is 0. The molecule has 0 aliphatic rings. The third-order valence-corrected chi connectivity index (χ3v) is 4.99. The lowest BCUT2D eigenvalue weighted by Gasteiger charge is -2.26. The maximum absolute atomic E-state index is 12.6. The first kappa shape index (κ1) is 15.9. The van der Waals surface area contributed by atoms with Crippen molar-refractivity contribution in [2.75, 3.05) is 26.0 Å². The molecule has 0 saturated carbocycles. The van der Waals surface area contributed by atoms with Gasteiger partial charge in [-0.05, 0) is 38.5 Å². The monoisotopic (exact) mass is 286 g/mol. The van der Waals surface area contributed by atoms with Gasteiger partial charge in [-0.1, -0.05) is 6.07 Å². The molecule has 1 aromatic rings. The summed E-state index contributed by atoms with van der Waals surface area (Å²) in [5.41, 5.74) is 7.05. The lowest BCUT2D eigenvalue weighted by atomic mass is 10.2. The quantitative estimate of drug-likeness (QED) is 0.807. The lowest BCUT2D eigenvalue weighted by molar-refractivity contribution is 0.171. The summed E-state index contributed by atoms with van der Waals surface area (Å²) in [4.78, 5) is 0.155. The average Bonchev–Trinajstić information content (AvgIpc) is 2.27. The zero-order valence-electron chi connectivity index (χ0n) is 11.9. The van der Waals surface area contributed by atoms with Crippen molar-refractivity contribution in [2.24, 2.45) is 0 Å². The molecule has 0 amide bonds. The number of anilines is 1. The number of nitrogens with two attached hydrogens (primary N) is 1. The molecule has 0 saturated heterocycles. The fraction of sp³-hybridized carbons (Fsp3) is 0.538. The van der Waals surface area contributed by atoms with E-state index in [1.165, 1.54) is 4.31 Å². The van der Waals surface area contributed by atoms with Crippen molar-refractivity contribution in [3.8, 4) is 0 Å². The Morgan fingerprint density at radius 1 is 1.37 bits per heavy atom. The van der Waals surface area contributed by atoms with Crippen molar-refractivity contribution in [3.05, 3.63) is 23.8 Å². The first-order valence-corrected chi connectivity index (χ1v) is 7.61. The molecule has 6 heteroatoms. The number of sulfonamides is 1. The van der Waals surface area contributed by atoms with Crippen LogP contribution in [0.4, 0.5) is 5.69 Å². The van der Waals surface area contributed by atoms with Gasteiger partial charge in [0, 0.05) is 19.7 Å². The number of nitrogen functional groups attached to an aromatic ring is 1. The van der Waals surface area contributed by atoms with Crippen LogP contribution in [0, 0.1) is 6.92 Å². The summed E-state index contributed by atoms with van der Waals surface area (Å²) in [5, 5.41) is 0. The first-order chi connectivity index (χ1) is 8.80. The summed E-state index contributed by atoms with van der Waals surface area (Å²) in [6, 6.07) is 4.82. The van der Waals surface area contributed by atoms with Gasteiger partial charge < -0.3 is 10.5 Å². The minimum Gasteiger partial charge on any atom is -0.398 e. The van der Waals surface area contributed by atoms with Crippen molar-refractivity contribution in [2.45, 2.75) is 31.7 Å². The van der Waals surface area contributed by atoms with Crippen LogP contribution in [-0.2, 0) is 14.8 Å². The van der Waals surface area contributed by atoms with Gasteiger partial charge in [0.1, 0.15) is 4.90 Å². The van der Waals surface area contributed by atoms with E-state index in [4.69, 9.17) is 10.5 Å². The molecule has 1 rings (SSSR count). The Morgan fingerprint density at radius 3 is 2.47 bits per heavy atom. The van der Waals surface area contributed by atoms with Gasteiger partial charge >= 0.3 is 0 Å². The lowest BCUT2D eigenvalue weighted by Crippen LogP contribution is -2.39. The molecule has 0 radical (unpaired) electrons. The van der Waals surface area contributed by atoms with Gasteiger partial charge in [0.05, 0.1) is 12.3 Å². The maximum Gasteiger partial charge on any atom is 0.245 e. The maximum atomic E-state index is 12.6. The number of hydrogen-bond acceptors (Lipinski definition) is 4. The number of rotatable bonds is 6. The van der Waals surface area contributed by atoms with E-state index in [1.807, 2.05) is 20.8 Å². The predicted octanol–water partition coefficient (Wildman–Crippen LogP) is 1.62. The van der Waals surface area contributed by atoms with Gasteiger partial charge in [-0.2, -0.15) is 4.31 Å². The van der Waals surface area contributed by atoms with Crippen molar-refractivity contribution < 1.29 is 13.2 Å². The van der Waals surface area contributed by atoms with Gasteiger partial charge in [0.15, 0.2) is 0 Å². The van der Waals surface area contributed by atoms with E-state index in [2.05, 4.69) is 0 Å². The molecule has 0 spiro atoms. The minimum atomic E-state index is -3.59. The molecule has 5 nitrogen and oxygen atoms in total. The molecule has 0 fully saturated rings. The highest BCUT2D eigenvalue weighted by Gasteiger charge is 2.28. The summed E-state index contributed by atoms with van der Waals surface area (Å²) in [6.45, 7) is 6.19. The SMILES string of the molecule is COCCN(C(C)C)S(=O)(=O)c1ccc(C)cc1N. The van der Waals surface area contributed by atoms with Crippen LogP contribution in [0.2, 0.25) is 0 Å². The number of nitrogens with zero attached hydrogens (tertiary/aromatic N) is 1. The van der Waals surface area contributed by atoms with Crippen LogP contribution >= 0.6 is 0 Å². The Balaban J connectivity index is 3.19. The third-order valence-electron chi connectivity index (χ3n) is 2.84.